The Balaban J connectivity index is 2.01. The van der Waals surface area contributed by atoms with Crippen LogP contribution in [0.15, 0.2) is 29.8 Å². The number of nitrogens with zero attached hydrogens (tertiary/aromatic N) is 1. The summed E-state index contributed by atoms with van der Waals surface area (Å²) >= 11 is 7.40. The molecule has 100 valence electrons. The Labute approximate surface area is 120 Å². The van der Waals surface area contributed by atoms with Crippen LogP contribution in [0.5, 0.6) is 0 Å². The molecule has 0 unspecified atom stereocenters. The predicted molar refractivity (Wildman–Crippen MR) is 78.1 cm³/mol. The van der Waals surface area contributed by atoms with E-state index in [-0.39, 0.29) is 18.4 Å². The molecule has 1 heterocycles. The lowest BCUT2D eigenvalue weighted by molar-refractivity contribution is -0.129. The molecule has 0 radical (unpaired) electrons. The summed E-state index contributed by atoms with van der Waals surface area (Å²) in [5.74, 6) is 0.0701. The molecule has 1 aliphatic rings. The van der Waals surface area contributed by atoms with Gasteiger partial charge in [0.05, 0.1) is 5.75 Å². The van der Waals surface area contributed by atoms with Gasteiger partial charge in [0, 0.05) is 16.9 Å². The normalized spacial score (nSPS) is 14.6. The zero-order valence-corrected chi connectivity index (χ0v) is 11.9. The quantitative estimate of drug-likeness (QED) is 0.933. The van der Waals surface area contributed by atoms with Crippen molar-refractivity contribution in [3.8, 4) is 0 Å². The van der Waals surface area contributed by atoms with Crippen molar-refractivity contribution in [2.75, 3.05) is 17.6 Å². The smallest absolute Gasteiger partial charge is 0.244 e. The second-order valence-corrected chi connectivity index (χ2v) is 5.38. The number of nitrogens with one attached hydrogen (secondary N) is 1. The summed E-state index contributed by atoms with van der Waals surface area (Å²) in [6, 6.07) is 5.32. The minimum absolute atomic E-state index is 0.0157. The number of benzene rings is 1. The Morgan fingerprint density at radius 3 is 3.05 bits per heavy atom. The maximum Gasteiger partial charge on any atom is 0.244 e. The highest BCUT2D eigenvalue weighted by Crippen LogP contribution is 2.23. The molecule has 0 bridgehead atoms. The van der Waals surface area contributed by atoms with Gasteiger partial charge in [-0.25, -0.2) is 0 Å². The number of carbonyl (C=O) groups is 2. The fourth-order valence-electron chi connectivity index (χ4n) is 1.63. The van der Waals surface area contributed by atoms with Gasteiger partial charge in [0.25, 0.3) is 0 Å². The summed E-state index contributed by atoms with van der Waals surface area (Å²) in [6.07, 6.45) is 1.63. The molecule has 0 aromatic heterocycles. The Bertz CT molecular complexity index is 545. The van der Waals surface area contributed by atoms with E-state index in [0.29, 0.717) is 16.5 Å². The maximum absolute atomic E-state index is 11.9. The van der Waals surface area contributed by atoms with Gasteiger partial charge < -0.3 is 10.2 Å². The first kappa shape index (κ1) is 14.0. The fraction of sp³-hybridized carbons (Fsp3) is 0.231. The molecule has 4 nitrogen and oxygen atoms in total. The standard InChI is InChI=1S/C13H13ClN2O2S/c1-9-10(14)3-2-4-11(9)15-12(17)7-16-5-6-19-8-13(16)18/h2-6H,7-8H2,1H3,(H,15,17). The molecule has 0 aliphatic carbocycles. The van der Waals surface area contributed by atoms with E-state index < -0.39 is 0 Å². The van der Waals surface area contributed by atoms with E-state index in [4.69, 9.17) is 11.6 Å². The van der Waals surface area contributed by atoms with Crippen LogP contribution < -0.4 is 5.32 Å². The van der Waals surface area contributed by atoms with E-state index in [1.54, 1.807) is 29.8 Å². The fourth-order valence-corrected chi connectivity index (χ4v) is 2.44. The average Bonchev–Trinajstić information content (AvgIpc) is 2.38. The molecule has 2 rings (SSSR count). The van der Waals surface area contributed by atoms with Crippen molar-refractivity contribution in [1.82, 2.24) is 4.90 Å². The molecule has 0 spiro atoms. The lowest BCUT2D eigenvalue weighted by atomic mass is 10.2. The Morgan fingerprint density at radius 1 is 1.53 bits per heavy atom. The summed E-state index contributed by atoms with van der Waals surface area (Å²) < 4.78 is 0. The van der Waals surface area contributed by atoms with Crippen molar-refractivity contribution < 1.29 is 9.59 Å². The second kappa shape index (κ2) is 6.12. The minimum atomic E-state index is -0.240. The SMILES string of the molecule is Cc1c(Cl)cccc1NC(=O)CN1C=CSCC1=O. The largest absolute Gasteiger partial charge is 0.324 e. The summed E-state index contributed by atoms with van der Waals surface area (Å²) in [5, 5.41) is 5.17. The molecule has 6 heteroatoms. The van der Waals surface area contributed by atoms with E-state index in [1.165, 1.54) is 16.7 Å². The van der Waals surface area contributed by atoms with Crippen LogP contribution in [0.2, 0.25) is 5.02 Å². The number of halogens is 1. The lowest BCUT2D eigenvalue weighted by Crippen LogP contribution is -2.36. The molecule has 1 aliphatic heterocycles. The highest BCUT2D eigenvalue weighted by atomic mass is 35.5. The van der Waals surface area contributed by atoms with Crippen molar-refractivity contribution >= 4 is 40.9 Å². The van der Waals surface area contributed by atoms with E-state index in [1.807, 2.05) is 6.92 Å². The summed E-state index contributed by atoms with van der Waals surface area (Å²) in [7, 11) is 0. The third-order valence-corrected chi connectivity index (χ3v) is 3.86. The Kier molecular flexibility index (Phi) is 4.50. The third kappa shape index (κ3) is 3.52. The van der Waals surface area contributed by atoms with Crippen LogP contribution in [-0.2, 0) is 9.59 Å². The molecule has 1 aromatic carbocycles. The van der Waals surface area contributed by atoms with Gasteiger partial charge in [-0.05, 0) is 30.0 Å². The van der Waals surface area contributed by atoms with Crippen LogP contribution in [0.25, 0.3) is 0 Å². The number of thioether (sulfide) groups is 1. The van der Waals surface area contributed by atoms with Gasteiger partial charge in [0.1, 0.15) is 6.54 Å². The van der Waals surface area contributed by atoms with Crippen LogP contribution >= 0.6 is 23.4 Å². The summed E-state index contributed by atoms with van der Waals surface area (Å²) in [6.45, 7) is 1.85. The van der Waals surface area contributed by atoms with Crippen LogP contribution in [0, 0.1) is 6.92 Å². The van der Waals surface area contributed by atoms with Crippen LogP contribution in [-0.4, -0.2) is 29.0 Å². The van der Waals surface area contributed by atoms with E-state index in [2.05, 4.69) is 5.32 Å². The first-order chi connectivity index (χ1) is 9.08. The average molecular weight is 297 g/mol. The van der Waals surface area contributed by atoms with Crippen molar-refractivity contribution in [1.29, 1.82) is 0 Å². The molecule has 19 heavy (non-hydrogen) atoms. The van der Waals surface area contributed by atoms with Gasteiger partial charge in [-0.15, -0.1) is 11.8 Å². The Hall–Kier alpha value is -1.46. The molecule has 0 fully saturated rings. The van der Waals surface area contributed by atoms with Crippen molar-refractivity contribution in [3.63, 3.8) is 0 Å². The second-order valence-electron chi connectivity index (χ2n) is 4.08. The van der Waals surface area contributed by atoms with Gasteiger partial charge in [0.2, 0.25) is 11.8 Å². The molecular formula is C13H13ClN2O2S. The number of amides is 2. The number of rotatable bonds is 3. The highest BCUT2D eigenvalue weighted by Gasteiger charge is 2.17. The first-order valence-electron chi connectivity index (χ1n) is 5.70. The number of hydrogen-bond donors (Lipinski definition) is 1. The van der Waals surface area contributed by atoms with E-state index >= 15 is 0 Å². The number of anilines is 1. The molecule has 1 aromatic rings. The third-order valence-electron chi connectivity index (χ3n) is 2.72. The summed E-state index contributed by atoms with van der Waals surface area (Å²) in [5.41, 5.74) is 1.48. The molecule has 0 saturated heterocycles. The van der Waals surface area contributed by atoms with Gasteiger partial charge >= 0.3 is 0 Å². The van der Waals surface area contributed by atoms with E-state index in [9.17, 15) is 9.59 Å². The predicted octanol–water partition coefficient (Wildman–Crippen LogP) is 2.63. The topological polar surface area (TPSA) is 49.4 Å². The zero-order chi connectivity index (χ0) is 13.8. The van der Waals surface area contributed by atoms with Crippen LogP contribution in [0.1, 0.15) is 5.56 Å². The lowest BCUT2D eigenvalue weighted by Gasteiger charge is -2.20. The Morgan fingerprint density at radius 2 is 2.32 bits per heavy atom. The maximum atomic E-state index is 11.9. The van der Waals surface area contributed by atoms with Crippen molar-refractivity contribution in [2.24, 2.45) is 0 Å². The molecule has 0 saturated carbocycles. The zero-order valence-electron chi connectivity index (χ0n) is 10.4. The molecular weight excluding hydrogens is 284 g/mol. The van der Waals surface area contributed by atoms with Crippen molar-refractivity contribution in [3.05, 3.63) is 40.4 Å². The van der Waals surface area contributed by atoms with Gasteiger partial charge in [-0.3, -0.25) is 9.59 Å². The molecule has 0 atom stereocenters. The monoisotopic (exact) mass is 296 g/mol. The van der Waals surface area contributed by atoms with Crippen LogP contribution in [0.4, 0.5) is 5.69 Å². The highest BCUT2D eigenvalue weighted by molar-refractivity contribution is 8.02. The van der Waals surface area contributed by atoms with Gasteiger partial charge in [0.15, 0.2) is 0 Å². The van der Waals surface area contributed by atoms with Crippen LogP contribution in [0.3, 0.4) is 0 Å². The minimum Gasteiger partial charge on any atom is -0.324 e. The van der Waals surface area contributed by atoms with Gasteiger partial charge in [-0.2, -0.15) is 0 Å². The molecule has 1 N–H and O–H groups in total. The number of carbonyl (C=O) groups excluding carboxylic acids is 2. The van der Waals surface area contributed by atoms with E-state index in [0.717, 1.165) is 5.56 Å². The number of hydrogen-bond acceptors (Lipinski definition) is 3. The molecule has 2 amide bonds. The first-order valence-corrected chi connectivity index (χ1v) is 7.13. The van der Waals surface area contributed by atoms with Crippen molar-refractivity contribution in [2.45, 2.75) is 6.92 Å². The summed E-state index contributed by atoms with van der Waals surface area (Å²) in [4.78, 5) is 24.9. The van der Waals surface area contributed by atoms with Gasteiger partial charge in [-0.1, -0.05) is 17.7 Å².